The average Bonchev–Trinajstić information content (AvgIpc) is 3.19. The first-order valence-corrected chi connectivity index (χ1v) is 9.27. The molecule has 2 aliphatic heterocycles. The van der Waals surface area contributed by atoms with Crippen LogP contribution < -0.4 is 10.1 Å². The van der Waals surface area contributed by atoms with Gasteiger partial charge in [-0.2, -0.15) is 0 Å². The SMILES string of the molecule is CN=C(NCC(C)Oc1ccccc1F)N1CCOC(C2CCCO2)C1.I. The Kier molecular flexibility index (Phi) is 9.04. The van der Waals surface area contributed by atoms with Crippen molar-refractivity contribution in [2.45, 2.75) is 38.1 Å². The maximum Gasteiger partial charge on any atom is 0.193 e. The normalized spacial score (nSPS) is 24.3. The molecule has 0 spiro atoms. The minimum absolute atomic E-state index is 0. The van der Waals surface area contributed by atoms with Crippen LogP contribution in [0.1, 0.15) is 19.8 Å². The number of ether oxygens (including phenoxy) is 3. The van der Waals surface area contributed by atoms with E-state index in [2.05, 4.69) is 15.2 Å². The van der Waals surface area contributed by atoms with Crippen LogP contribution in [-0.2, 0) is 9.47 Å². The molecule has 27 heavy (non-hydrogen) atoms. The summed E-state index contributed by atoms with van der Waals surface area (Å²) in [6.07, 6.45) is 2.22. The highest BCUT2D eigenvalue weighted by molar-refractivity contribution is 14.0. The highest BCUT2D eigenvalue weighted by atomic mass is 127. The van der Waals surface area contributed by atoms with E-state index in [0.717, 1.165) is 38.5 Å². The lowest BCUT2D eigenvalue weighted by Crippen LogP contribution is -2.54. The molecule has 3 atom stereocenters. The molecule has 0 bridgehead atoms. The van der Waals surface area contributed by atoms with E-state index in [1.165, 1.54) is 6.07 Å². The zero-order valence-electron chi connectivity index (χ0n) is 15.9. The number of hydrogen-bond donors (Lipinski definition) is 1. The van der Waals surface area contributed by atoms with Crippen molar-refractivity contribution < 1.29 is 18.6 Å². The van der Waals surface area contributed by atoms with Gasteiger partial charge in [-0.1, -0.05) is 12.1 Å². The summed E-state index contributed by atoms with van der Waals surface area (Å²) in [5, 5.41) is 3.32. The quantitative estimate of drug-likeness (QED) is 0.389. The summed E-state index contributed by atoms with van der Waals surface area (Å²) >= 11 is 0. The molecule has 2 aliphatic rings. The summed E-state index contributed by atoms with van der Waals surface area (Å²) in [7, 11) is 1.77. The van der Waals surface area contributed by atoms with Crippen LogP contribution in [0.2, 0.25) is 0 Å². The van der Waals surface area contributed by atoms with Crippen molar-refractivity contribution in [2.24, 2.45) is 4.99 Å². The minimum atomic E-state index is -0.351. The Balaban J connectivity index is 0.00000261. The van der Waals surface area contributed by atoms with Gasteiger partial charge in [0.1, 0.15) is 12.2 Å². The molecule has 0 radical (unpaired) electrons. The highest BCUT2D eigenvalue weighted by Crippen LogP contribution is 2.21. The molecule has 3 rings (SSSR count). The van der Waals surface area contributed by atoms with Crippen molar-refractivity contribution in [3.05, 3.63) is 30.1 Å². The molecule has 2 fully saturated rings. The zero-order valence-corrected chi connectivity index (χ0v) is 18.2. The predicted octanol–water partition coefficient (Wildman–Crippen LogP) is 2.67. The number of para-hydroxylation sites is 1. The lowest BCUT2D eigenvalue weighted by atomic mass is 10.1. The first-order chi connectivity index (χ1) is 12.7. The Morgan fingerprint density at radius 3 is 2.81 bits per heavy atom. The van der Waals surface area contributed by atoms with Crippen molar-refractivity contribution >= 4 is 29.9 Å². The van der Waals surface area contributed by atoms with Gasteiger partial charge in [0.15, 0.2) is 17.5 Å². The Labute approximate surface area is 177 Å². The van der Waals surface area contributed by atoms with Crippen LogP contribution in [-0.4, -0.2) is 69.1 Å². The van der Waals surface area contributed by atoms with Crippen LogP contribution in [0.25, 0.3) is 0 Å². The summed E-state index contributed by atoms with van der Waals surface area (Å²) in [6, 6.07) is 6.44. The Morgan fingerprint density at radius 2 is 2.11 bits per heavy atom. The second kappa shape index (κ2) is 11.0. The van der Waals surface area contributed by atoms with Gasteiger partial charge in [-0.25, -0.2) is 4.39 Å². The van der Waals surface area contributed by atoms with Crippen molar-refractivity contribution in [2.75, 3.05) is 39.9 Å². The van der Waals surface area contributed by atoms with Crippen LogP contribution >= 0.6 is 24.0 Å². The number of morpholine rings is 1. The molecule has 1 N–H and O–H groups in total. The van der Waals surface area contributed by atoms with E-state index in [-0.39, 0.29) is 53.9 Å². The van der Waals surface area contributed by atoms with Crippen molar-refractivity contribution in [1.82, 2.24) is 10.2 Å². The fourth-order valence-corrected chi connectivity index (χ4v) is 3.35. The Hall–Kier alpha value is -1.13. The van der Waals surface area contributed by atoms with Gasteiger partial charge in [0.2, 0.25) is 0 Å². The van der Waals surface area contributed by atoms with E-state index < -0.39 is 0 Å². The molecule has 0 saturated carbocycles. The van der Waals surface area contributed by atoms with Crippen molar-refractivity contribution in [1.29, 1.82) is 0 Å². The van der Waals surface area contributed by atoms with Gasteiger partial charge in [-0.15, -0.1) is 24.0 Å². The Morgan fingerprint density at radius 1 is 1.33 bits per heavy atom. The van der Waals surface area contributed by atoms with E-state index in [0.29, 0.717) is 13.2 Å². The van der Waals surface area contributed by atoms with Gasteiger partial charge in [-0.3, -0.25) is 4.99 Å². The number of halogens is 2. The summed E-state index contributed by atoms with van der Waals surface area (Å²) in [4.78, 5) is 6.56. The standard InChI is InChI=1S/C19H28FN3O3.HI/c1-14(26-16-7-4-3-6-15(16)20)12-22-19(21-2)23-9-11-25-18(13-23)17-8-5-10-24-17;/h3-4,6-7,14,17-18H,5,8-13H2,1-2H3,(H,21,22);1H. The molecule has 2 saturated heterocycles. The van der Waals surface area contributed by atoms with Gasteiger partial charge >= 0.3 is 0 Å². The smallest absolute Gasteiger partial charge is 0.193 e. The maximum absolute atomic E-state index is 13.7. The summed E-state index contributed by atoms with van der Waals surface area (Å²) in [5.41, 5.74) is 0. The molecule has 8 heteroatoms. The molecule has 2 heterocycles. The number of rotatable bonds is 5. The summed E-state index contributed by atoms with van der Waals surface area (Å²) < 4.78 is 31.0. The molecule has 0 aliphatic carbocycles. The fraction of sp³-hybridized carbons (Fsp3) is 0.632. The first kappa shape index (κ1) is 22.2. The number of benzene rings is 1. The van der Waals surface area contributed by atoms with Crippen LogP contribution in [0.5, 0.6) is 5.75 Å². The van der Waals surface area contributed by atoms with Gasteiger partial charge in [0.25, 0.3) is 0 Å². The third kappa shape index (κ3) is 6.18. The zero-order chi connectivity index (χ0) is 18.4. The molecule has 152 valence electrons. The molecule has 0 aromatic heterocycles. The van der Waals surface area contributed by atoms with Gasteiger partial charge in [0, 0.05) is 26.7 Å². The molecule has 3 unspecified atom stereocenters. The van der Waals surface area contributed by atoms with Crippen LogP contribution in [0.4, 0.5) is 4.39 Å². The lowest BCUT2D eigenvalue weighted by molar-refractivity contribution is -0.0817. The second-order valence-corrected chi connectivity index (χ2v) is 6.69. The minimum Gasteiger partial charge on any atom is -0.486 e. The monoisotopic (exact) mass is 493 g/mol. The van der Waals surface area contributed by atoms with E-state index in [4.69, 9.17) is 14.2 Å². The van der Waals surface area contributed by atoms with Gasteiger partial charge < -0.3 is 24.4 Å². The predicted molar refractivity (Wildman–Crippen MR) is 114 cm³/mol. The Bertz CT molecular complexity index is 614. The van der Waals surface area contributed by atoms with E-state index in [9.17, 15) is 4.39 Å². The number of nitrogens with one attached hydrogen (secondary N) is 1. The fourth-order valence-electron chi connectivity index (χ4n) is 3.35. The summed E-state index contributed by atoms with van der Waals surface area (Å²) in [5.74, 6) is 0.721. The molecule has 1 aromatic rings. The van der Waals surface area contributed by atoms with E-state index >= 15 is 0 Å². The van der Waals surface area contributed by atoms with Crippen LogP contribution in [0, 0.1) is 5.82 Å². The number of nitrogens with zero attached hydrogens (tertiary/aromatic N) is 2. The largest absolute Gasteiger partial charge is 0.486 e. The van der Waals surface area contributed by atoms with Crippen molar-refractivity contribution in [3.63, 3.8) is 0 Å². The highest BCUT2D eigenvalue weighted by Gasteiger charge is 2.32. The van der Waals surface area contributed by atoms with Gasteiger partial charge in [-0.05, 0) is 31.9 Å². The van der Waals surface area contributed by atoms with E-state index in [1.54, 1.807) is 25.2 Å². The molecule has 6 nitrogen and oxygen atoms in total. The van der Waals surface area contributed by atoms with Crippen LogP contribution in [0.3, 0.4) is 0 Å². The topological polar surface area (TPSA) is 55.3 Å². The molecule has 1 aromatic carbocycles. The number of hydrogen-bond acceptors (Lipinski definition) is 4. The number of guanidine groups is 1. The second-order valence-electron chi connectivity index (χ2n) is 6.69. The first-order valence-electron chi connectivity index (χ1n) is 9.27. The lowest BCUT2D eigenvalue weighted by Gasteiger charge is -2.37. The third-order valence-corrected chi connectivity index (χ3v) is 4.70. The van der Waals surface area contributed by atoms with Crippen molar-refractivity contribution in [3.8, 4) is 5.75 Å². The number of aliphatic imine (C=N–C) groups is 1. The average molecular weight is 493 g/mol. The summed E-state index contributed by atoms with van der Waals surface area (Å²) in [6.45, 7) is 5.46. The van der Waals surface area contributed by atoms with E-state index in [1.807, 2.05) is 6.92 Å². The molecular formula is C19H29FIN3O3. The molecule has 0 amide bonds. The maximum atomic E-state index is 13.7. The third-order valence-electron chi connectivity index (χ3n) is 4.70. The van der Waals surface area contributed by atoms with Crippen LogP contribution in [0.15, 0.2) is 29.3 Å². The molecular weight excluding hydrogens is 464 g/mol. The van der Waals surface area contributed by atoms with Gasteiger partial charge in [0.05, 0.1) is 19.3 Å².